The minimum absolute atomic E-state index is 0.201. The number of amides is 1. The van der Waals surface area contributed by atoms with Crippen LogP contribution < -0.4 is 5.32 Å². The second-order valence-corrected chi connectivity index (χ2v) is 6.74. The summed E-state index contributed by atoms with van der Waals surface area (Å²) in [6, 6.07) is 9.09. The van der Waals surface area contributed by atoms with Crippen LogP contribution in [0.1, 0.15) is 35.4 Å². The van der Waals surface area contributed by atoms with E-state index in [1.54, 1.807) is 17.8 Å². The van der Waals surface area contributed by atoms with Crippen molar-refractivity contribution in [1.82, 2.24) is 25.3 Å². The number of benzene rings is 1. The van der Waals surface area contributed by atoms with E-state index < -0.39 is 17.8 Å². The lowest BCUT2D eigenvalue weighted by Gasteiger charge is -2.16. The number of fused-ring (bicyclic) bond motifs is 1. The van der Waals surface area contributed by atoms with E-state index in [0.717, 1.165) is 23.0 Å². The normalized spacial score (nSPS) is 19.3. The molecule has 2 atom stereocenters. The molecule has 0 spiro atoms. The first-order valence-electron chi connectivity index (χ1n) is 8.86. The fourth-order valence-corrected chi connectivity index (χ4v) is 3.70. The number of carboxylic acid groups (broad SMARTS) is 1. The third-order valence-electron chi connectivity index (χ3n) is 5.11. The smallest absolute Gasteiger partial charge is 0.308 e. The van der Waals surface area contributed by atoms with Crippen molar-refractivity contribution in [2.45, 2.75) is 32.2 Å². The fourth-order valence-electron chi connectivity index (χ4n) is 3.70. The summed E-state index contributed by atoms with van der Waals surface area (Å²) in [6.45, 7) is 1.77. The molecule has 1 aromatic carbocycles. The van der Waals surface area contributed by atoms with Gasteiger partial charge in [-0.15, -0.1) is 5.10 Å². The molecular weight excluding hydrogens is 346 g/mol. The zero-order valence-electron chi connectivity index (χ0n) is 14.8. The summed E-state index contributed by atoms with van der Waals surface area (Å²) in [5.74, 6) is -1.81. The number of nitrogens with zero attached hydrogens (tertiary/aromatic N) is 4. The Morgan fingerprint density at radius 1 is 1.22 bits per heavy atom. The molecule has 1 saturated carbocycles. The summed E-state index contributed by atoms with van der Waals surface area (Å²) in [5, 5.41) is 21.2. The lowest BCUT2D eigenvalue weighted by molar-refractivity contribution is -0.142. The second-order valence-electron chi connectivity index (χ2n) is 6.74. The summed E-state index contributed by atoms with van der Waals surface area (Å²) in [5.41, 5.74) is 2.40. The molecule has 0 unspecified atom stereocenters. The molecule has 1 aliphatic rings. The number of hydrogen-bond acceptors (Lipinski definition) is 5. The molecule has 1 aliphatic carbocycles. The SMILES string of the molecule is Cc1c(C(=O)N[C@@H]2CCC[C@@H]2C(=O)O)nnn1-c1cccc2ncccc12. The van der Waals surface area contributed by atoms with E-state index in [9.17, 15) is 14.7 Å². The number of nitrogens with one attached hydrogen (secondary N) is 1. The molecule has 1 fully saturated rings. The van der Waals surface area contributed by atoms with Crippen LogP contribution in [-0.2, 0) is 4.79 Å². The second kappa shape index (κ2) is 6.79. The van der Waals surface area contributed by atoms with Gasteiger partial charge in [0, 0.05) is 17.6 Å². The highest BCUT2D eigenvalue weighted by atomic mass is 16.4. The van der Waals surface area contributed by atoms with Gasteiger partial charge in [-0.1, -0.05) is 17.7 Å². The summed E-state index contributed by atoms with van der Waals surface area (Å²) < 4.78 is 1.61. The zero-order valence-corrected chi connectivity index (χ0v) is 14.8. The molecule has 2 heterocycles. The Morgan fingerprint density at radius 3 is 2.89 bits per heavy atom. The van der Waals surface area contributed by atoms with Gasteiger partial charge < -0.3 is 10.4 Å². The van der Waals surface area contributed by atoms with E-state index in [-0.39, 0.29) is 11.7 Å². The highest BCUT2D eigenvalue weighted by Crippen LogP contribution is 2.26. The van der Waals surface area contributed by atoms with Gasteiger partial charge in [0.05, 0.1) is 22.8 Å². The van der Waals surface area contributed by atoms with Crippen LogP contribution in [0.5, 0.6) is 0 Å². The molecule has 0 saturated heterocycles. The van der Waals surface area contributed by atoms with Gasteiger partial charge in [-0.05, 0) is 44.0 Å². The van der Waals surface area contributed by atoms with Gasteiger partial charge >= 0.3 is 5.97 Å². The van der Waals surface area contributed by atoms with Gasteiger partial charge in [-0.2, -0.15) is 0 Å². The topological polar surface area (TPSA) is 110 Å². The highest BCUT2D eigenvalue weighted by Gasteiger charge is 2.34. The number of hydrogen-bond donors (Lipinski definition) is 2. The lowest BCUT2D eigenvalue weighted by Crippen LogP contribution is -2.40. The van der Waals surface area contributed by atoms with Gasteiger partial charge in [0.15, 0.2) is 5.69 Å². The largest absolute Gasteiger partial charge is 0.481 e. The van der Waals surface area contributed by atoms with Gasteiger partial charge in [-0.3, -0.25) is 14.6 Å². The number of aliphatic carboxylic acids is 1. The van der Waals surface area contributed by atoms with Crippen LogP contribution in [0.2, 0.25) is 0 Å². The Bertz CT molecular complexity index is 1020. The molecule has 4 rings (SSSR count). The molecule has 2 aromatic heterocycles. The Balaban J connectivity index is 1.64. The molecule has 8 heteroatoms. The van der Waals surface area contributed by atoms with Crippen molar-refractivity contribution in [2.24, 2.45) is 5.92 Å². The van der Waals surface area contributed by atoms with Crippen molar-refractivity contribution in [3.63, 3.8) is 0 Å². The average molecular weight is 365 g/mol. The maximum Gasteiger partial charge on any atom is 0.308 e. The fraction of sp³-hybridized carbons (Fsp3) is 0.316. The standard InChI is InChI=1S/C19H19N5O3/c1-11-17(18(25)21-15-8-2-5-13(15)19(26)27)22-23-24(11)16-9-3-7-14-12(16)6-4-10-20-14/h3-4,6-7,9-10,13,15H,2,5,8H2,1H3,(H,21,25)(H,26,27)/t13-,15+/m0/s1. The van der Waals surface area contributed by atoms with Gasteiger partial charge in [0.1, 0.15) is 0 Å². The van der Waals surface area contributed by atoms with Crippen LogP contribution >= 0.6 is 0 Å². The summed E-state index contributed by atoms with van der Waals surface area (Å²) >= 11 is 0. The van der Waals surface area contributed by atoms with E-state index in [4.69, 9.17) is 0 Å². The van der Waals surface area contributed by atoms with E-state index in [1.807, 2.05) is 30.3 Å². The monoisotopic (exact) mass is 365 g/mol. The Kier molecular flexibility index (Phi) is 4.31. The van der Waals surface area contributed by atoms with E-state index >= 15 is 0 Å². The predicted octanol–water partition coefficient (Wildman–Crippen LogP) is 2.11. The van der Waals surface area contributed by atoms with Crippen LogP contribution in [0.4, 0.5) is 0 Å². The Morgan fingerprint density at radius 2 is 2.07 bits per heavy atom. The van der Waals surface area contributed by atoms with Gasteiger partial charge in [-0.25, -0.2) is 4.68 Å². The van der Waals surface area contributed by atoms with Crippen molar-refractivity contribution < 1.29 is 14.7 Å². The molecule has 0 aliphatic heterocycles. The van der Waals surface area contributed by atoms with Crippen molar-refractivity contribution in [3.8, 4) is 5.69 Å². The average Bonchev–Trinajstić information content (AvgIpc) is 3.28. The molecule has 138 valence electrons. The number of carbonyl (C=O) groups excluding carboxylic acids is 1. The van der Waals surface area contributed by atoms with Crippen molar-refractivity contribution in [2.75, 3.05) is 0 Å². The maximum absolute atomic E-state index is 12.7. The number of pyridine rings is 1. The molecule has 2 N–H and O–H groups in total. The van der Waals surface area contributed by atoms with E-state index in [1.165, 1.54) is 0 Å². The van der Waals surface area contributed by atoms with Crippen molar-refractivity contribution >= 4 is 22.8 Å². The van der Waals surface area contributed by atoms with E-state index in [2.05, 4.69) is 20.6 Å². The first-order chi connectivity index (χ1) is 13.1. The van der Waals surface area contributed by atoms with Crippen LogP contribution in [0.25, 0.3) is 16.6 Å². The third kappa shape index (κ3) is 3.03. The van der Waals surface area contributed by atoms with Crippen molar-refractivity contribution in [1.29, 1.82) is 0 Å². The van der Waals surface area contributed by atoms with Crippen LogP contribution in [0.3, 0.4) is 0 Å². The Hall–Kier alpha value is -3.29. The van der Waals surface area contributed by atoms with Gasteiger partial charge in [0.2, 0.25) is 0 Å². The summed E-state index contributed by atoms with van der Waals surface area (Å²) in [7, 11) is 0. The lowest BCUT2D eigenvalue weighted by atomic mass is 10.0. The number of aromatic nitrogens is 4. The minimum atomic E-state index is -0.874. The molecular formula is C19H19N5O3. The molecule has 0 bridgehead atoms. The molecule has 3 aromatic rings. The highest BCUT2D eigenvalue weighted by molar-refractivity contribution is 5.94. The Labute approximate surface area is 155 Å². The first kappa shape index (κ1) is 17.1. The van der Waals surface area contributed by atoms with Gasteiger partial charge in [0.25, 0.3) is 5.91 Å². The molecule has 27 heavy (non-hydrogen) atoms. The van der Waals surface area contributed by atoms with Crippen LogP contribution in [0, 0.1) is 12.8 Å². The van der Waals surface area contributed by atoms with Crippen LogP contribution in [-0.4, -0.2) is 43.0 Å². The van der Waals surface area contributed by atoms with Crippen molar-refractivity contribution in [3.05, 3.63) is 47.9 Å². The number of carbonyl (C=O) groups is 2. The number of rotatable bonds is 4. The summed E-state index contributed by atoms with van der Waals surface area (Å²) in [6.07, 6.45) is 3.75. The molecule has 8 nitrogen and oxygen atoms in total. The van der Waals surface area contributed by atoms with Crippen LogP contribution in [0.15, 0.2) is 36.5 Å². The quantitative estimate of drug-likeness (QED) is 0.733. The van der Waals surface area contributed by atoms with E-state index in [0.29, 0.717) is 18.5 Å². The summed E-state index contributed by atoms with van der Waals surface area (Å²) in [4.78, 5) is 28.3. The third-order valence-corrected chi connectivity index (χ3v) is 5.11. The first-order valence-corrected chi connectivity index (χ1v) is 8.86. The minimum Gasteiger partial charge on any atom is -0.481 e. The molecule has 1 amide bonds. The number of carboxylic acids is 1. The predicted molar refractivity (Wildman–Crippen MR) is 97.6 cm³/mol. The zero-order chi connectivity index (χ0) is 19.0. The molecule has 0 radical (unpaired) electrons. The maximum atomic E-state index is 12.7.